The Balaban J connectivity index is 1.38. The molecule has 0 radical (unpaired) electrons. The summed E-state index contributed by atoms with van der Waals surface area (Å²) >= 11 is 7.98. The van der Waals surface area contributed by atoms with Gasteiger partial charge in [-0.2, -0.15) is 9.78 Å². The van der Waals surface area contributed by atoms with E-state index in [1.165, 1.54) is 10.2 Å². The van der Waals surface area contributed by atoms with Crippen LogP contribution in [0.2, 0.25) is 5.02 Å². The van der Waals surface area contributed by atoms with Crippen LogP contribution in [0.1, 0.15) is 5.56 Å². The summed E-state index contributed by atoms with van der Waals surface area (Å²) in [5, 5.41) is 4.45. The van der Waals surface area contributed by atoms with Crippen molar-refractivity contribution in [3.8, 4) is 5.69 Å². The molecule has 2 aromatic carbocycles. The molecule has 160 valence electrons. The van der Waals surface area contributed by atoms with Gasteiger partial charge in [-0.1, -0.05) is 48.0 Å². The third-order valence-corrected chi connectivity index (χ3v) is 6.83. The number of carbonyl (C=O) groups excluding carboxylic acids is 1. The highest BCUT2D eigenvalue weighted by atomic mass is 35.5. The largest absolute Gasteiger partial charge is 0.365 e. The highest BCUT2D eigenvalue weighted by Crippen LogP contribution is 2.25. The number of amides is 1. The van der Waals surface area contributed by atoms with Crippen LogP contribution in [0.25, 0.3) is 5.69 Å². The van der Waals surface area contributed by atoms with Crippen LogP contribution in [-0.2, 0) is 4.79 Å². The summed E-state index contributed by atoms with van der Waals surface area (Å²) in [6.07, 6.45) is 1.63. The van der Waals surface area contributed by atoms with E-state index >= 15 is 0 Å². The Morgan fingerprint density at radius 2 is 1.71 bits per heavy atom. The SMILES string of the molecule is Cc1ccccc1SCC(=O)N1CCN(c2cnn(-c3ccccc3)c(=O)c2Cl)CC1. The summed E-state index contributed by atoms with van der Waals surface area (Å²) in [7, 11) is 0. The lowest BCUT2D eigenvalue weighted by molar-refractivity contribution is -0.128. The Bertz CT molecular complexity index is 1130. The van der Waals surface area contributed by atoms with Crippen molar-refractivity contribution < 1.29 is 4.79 Å². The fourth-order valence-corrected chi connectivity index (χ4v) is 4.72. The van der Waals surface area contributed by atoms with Crippen molar-refractivity contribution in [2.75, 3.05) is 36.8 Å². The Hall–Kier alpha value is -2.77. The van der Waals surface area contributed by atoms with E-state index in [0.29, 0.717) is 43.3 Å². The molecule has 0 aliphatic carbocycles. The van der Waals surface area contributed by atoms with Gasteiger partial charge in [0.15, 0.2) is 0 Å². The molecule has 1 aromatic heterocycles. The number of halogens is 1. The van der Waals surface area contributed by atoms with Crippen molar-refractivity contribution in [1.29, 1.82) is 0 Å². The van der Waals surface area contributed by atoms with Crippen molar-refractivity contribution in [1.82, 2.24) is 14.7 Å². The van der Waals surface area contributed by atoms with Crippen LogP contribution in [0.15, 0.2) is 70.5 Å². The Morgan fingerprint density at radius 3 is 2.42 bits per heavy atom. The molecule has 1 amide bonds. The summed E-state index contributed by atoms with van der Waals surface area (Å²) in [6, 6.07) is 17.3. The highest BCUT2D eigenvalue weighted by molar-refractivity contribution is 8.00. The quantitative estimate of drug-likeness (QED) is 0.551. The van der Waals surface area contributed by atoms with E-state index in [0.717, 1.165) is 4.90 Å². The van der Waals surface area contributed by atoms with Gasteiger partial charge in [-0.15, -0.1) is 11.8 Å². The topological polar surface area (TPSA) is 58.4 Å². The number of rotatable bonds is 5. The molecule has 2 heterocycles. The van der Waals surface area contributed by atoms with E-state index < -0.39 is 0 Å². The van der Waals surface area contributed by atoms with E-state index in [2.05, 4.69) is 18.1 Å². The number of thioether (sulfide) groups is 1. The second-order valence-electron chi connectivity index (χ2n) is 7.32. The van der Waals surface area contributed by atoms with Crippen LogP contribution in [0.4, 0.5) is 5.69 Å². The van der Waals surface area contributed by atoms with E-state index in [-0.39, 0.29) is 16.5 Å². The van der Waals surface area contributed by atoms with Gasteiger partial charge in [-0.05, 0) is 30.7 Å². The zero-order chi connectivity index (χ0) is 21.8. The smallest absolute Gasteiger partial charge is 0.292 e. The molecule has 1 fully saturated rings. The maximum absolute atomic E-state index is 12.7. The minimum atomic E-state index is -0.349. The third-order valence-electron chi connectivity index (χ3n) is 5.32. The molecule has 0 bridgehead atoms. The predicted octanol–water partition coefficient (Wildman–Crippen LogP) is 3.64. The Labute approximate surface area is 190 Å². The molecule has 3 aromatic rings. The third kappa shape index (κ3) is 4.78. The first-order valence-corrected chi connectivity index (χ1v) is 11.5. The highest BCUT2D eigenvalue weighted by Gasteiger charge is 2.24. The number of benzene rings is 2. The molecule has 8 heteroatoms. The van der Waals surface area contributed by atoms with Gasteiger partial charge in [0.25, 0.3) is 5.56 Å². The Kier molecular flexibility index (Phi) is 6.63. The van der Waals surface area contributed by atoms with Crippen molar-refractivity contribution in [2.45, 2.75) is 11.8 Å². The van der Waals surface area contributed by atoms with Gasteiger partial charge in [0.1, 0.15) is 5.02 Å². The second kappa shape index (κ2) is 9.58. The predicted molar refractivity (Wildman–Crippen MR) is 126 cm³/mol. The second-order valence-corrected chi connectivity index (χ2v) is 8.71. The Morgan fingerprint density at radius 1 is 1.03 bits per heavy atom. The molecular formula is C23H23ClN4O2S. The number of para-hydroxylation sites is 1. The molecule has 0 N–H and O–H groups in total. The van der Waals surface area contributed by atoms with Gasteiger partial charge in [0, 0.05) is 31.1 Å². The number of nitrogens with zero attached hydrogens (tertiary/aromatic N) is 4. The molecule has 0 atom stereocenters. The summed E-state index contributed by atoms with van der Waals surface area (Å²) in [5.74, 6) is 0.539. The molecule has 1 saturated heterocycles. The molecule has 31 heavy (non-hydrogen) atoms. The van der Waals surface area contributed by atoms with Crippen LogP contribution in [0.5, 0.6) is 0 Å². The standard InChI is InChI=1S/C23H23ClN4O2S/c1-17-7-5-6-10-20(17)31-16-21(29)27-13-11-26(12-14-27)19-15-25-28(23(30)22(19)24)18-8-3-2-4-9-18/h2-10,15H,11-14,16H2,1H3. The number of carbonyl (C=O) groups is 1. The lowest BCUT2D eigenvalue weighted by Gasteiger charge is -2.36. The zero-order valence-electron chi connectivity index (χ0n) is 17.2. The molecule has 0 unspecified atom stereocenters. The molecule has 1 aliphatic heterocycles. The van der Waals surface area contributed by atoms with Crippen molar-refractivity contribution >= 4 is 35.0 Å². The van der Waals surface area contributed by atoms with Gasteiger partial charge in [-0.25, -0.2) is 0 Å². The van der Waals surface area contributed by atoms with Crippen LogP contribution < -0.4 is 10.5 Å². The number of aryl methyl sites for hydroxylation is 1. The van der Waals surface area contributed by atoms with Gasteiger partial charge in [0.05, 0.1) is 23.3 Å². The molecule has 0 saturated carbocycles. The lowest BCUT2D eigenvalue weighted by atomic mass is 10.2. The minimum Gasteiger partial charge on any atom is -0.365 e. The zero-order valence-corrected chi connectivity index (χ0v) is 18.8. The van der Waals surface area contributed by atoms with Crippen LogP contribution in [-0.4, -0.2) is 52.5 Å². The molecule has 4 rings (SSSR count). The summed E-state index contributed by atoms with van der Waals surface area (Å²) in [4.78, 5) is 30.4. The normalized spacial score (nSPS) is 14.0. The van der Waals surface area contributed by atoms with Crippen LogP contribution >= 0.6 is 23.4 Å². The average Bonchev–Trinajstić information content (AvgIpc) is 2.81. The minimum absolute atomic E-state index is 0.122. The first-order chi connectivity index (χ1) is 15.0. The molecular weight excluding hydrogens is 432 g/mol. The van der Waals surface area contributed by atoms with Gasteiger partial charge in [-0.3, -0.25) is 9.59 Å². The molecule has 6 nitrogen and oxygen atoms in total. The van der Waals surface area contributed by atoms with E-state index in [4.69, 9.17) is 11.6 Å². The number of hydrogen-bond donors (Lipinski definition) is 0. The van der Waals surface area contributed by atoms with E-state index in [9.17, 15) is 9.59 Å². The van der Waals surface area contributed by atoms with Crippen LogP contribution in [0.3, 0.4) is 0 Å². The van der Waals surface area contributed by atoms with Crippen molar-refractivity contribution in [2.24, 2.45) is 0 Å². The van der Waals surface area contributed by atoms with Crippen LogP contribution in [0, 0.1) is 6.92 Å². The average molecular weight is 455 g/mol. The summed E-state index contributed by atoms with van der Waals surface area (Å²) in [6.45, 7) is 4.44. The van der Waals surface area contributed by atoms with Gasteiger partial charge < -0.3 is 9.80 Å². The van der Waals surface area contributed by atoms with Gasteiger partial charge >= 0.3 is 0 Å². The van der Waals surface area contributed by atoms with E-state index in [1.807, 2.05) is 58.3 Å². The number of hydrogen-bond acceptors (Lipinski definition) is 5. The summed E-state index contributed by atoms with van der Waals surface area (Å²) < 4.78 is 1.30. The summed E-state index contributed by atoms with van der Waals surface area (Å²) in [5.41, 5.74) is 2.11. The number of anilines is 1. The number of aromatic nitrogens is 2. The first kappa shape index (κ1) is 21.5. The van der Waals surface area contributed by atoms with Crippen molar-refractivity contribution in [3.05, 3.63) is 81.7 Å². The van der Waals surface area contributed by atoms with Crippen molar-refractivity contribution in [3.63, 3.8) is 0 Å². The monoisotopic (exact) mass is 454 g/mol. The molecule has 0 spiro atoms. The number of piperazine rings is 1. The van der Waals surface area contributed by atoms with Gasteiger partial charge in [0.2, 0.25) is 5.91 Å². The first-order valence-electron chi connectivity index (χ1n) is 10.1. The molecule has 1 aliphatic rings. The maximum Gasteiger partial charge on any atom is 0.292 e. The maximum atomic E-state index is 12.7. The lowest BCUT2D eigenvalue weighted by Crippen LogP contribution is -2.49. The fourth-order valence-electron chi connectivity index (χ4n) is 3.54. The fraction of sp³-hybridized carbons (Fsp3) is 0.261. The van der Waals surface area contributed by atoms with E-state index in [1.54, 1.807) is 18.0 Å².